The Hall–Kier alpha value is -3.00. The van der Waals surface area contributed by atoms with Gasteiger partial charge in [0.1, 0.15) is 12.1 Å². The van der Waals surface area contributed by atoms with Crippen molar-refractivity contribution in [1.82, 2.24) is 9.80 Å². The molecule has 1 heterocycles. The van der Waals surface area contributed by atoms with E-state index in [1.165, 1.54) is 11.9 Å². The number of fused-ring (bicyclic) bond motifs is 1. The molecule has 3 amide bonds. The van der Waals surface area contributed by atoms with E-state index in [1.54, 1.807) is 24.3 Å². The van der Waals surface area contributed by atoms with Gasteiger partial charge in [-0.1, -0.05) is 42.0 Å². The third-order valence-electron chi connectivity index (χ3n) is 7.16. The van der Waals surface area contributed by atoms with Crippen LogP contribution in [-0.2, 0) is 34.2 Å². The summed E-state index contributed by atoms with van der Waals surface area (Å²) < 4.78 is 5.14. The first-order valence-electron chi connectivity index (χ1n) is 11.5. The van der Waals surface area contributed by atoms with Crippen LogP contribution in [0.1, 0.15) is 44.1 Å². The highest BCUT2D eigenvalue weighted by Gasteiger charge is 2.49. The van der Waals surface area contributed by atoms with Crippen LogP contribution in [0.2, 0.25) is 5.02 Å². The van der Waals surface area contributed by atoms with Gasteiger partial charge in [0.25, 0.3) is 5.91 Å². The number of likely N-dealkylation sites (N-methyl/N-ethyl adjacent to an activating group) is 1. The van der Waals surface area contributed by atoms with E-state index in [0.717, 1.165) is 17.7 Å². The maximum absolute atomic E-state index is 13.1. The van der Waals surface area contributed by atoms with Crippen molar-refractivity contribution >= 4 is 41.1 Å². The minimum Gasteiger partial charge on any atom is -0.454 e. The van der Waals surface area contributed by atoms with Crippen molar-refractivity contribution in [3.63, 3.8) is 0 Å². The molecule has 0 radical (unpaired) electrons. The second kappa shape index (κ2) is 9.70. The molecule has 0 unspecified atom stereocenters. The largest absolute Gasteiger partial charge is 0.454 e. The third kappa shape index (κ3) is 4.15. The molecule has 3 atom stereocenters. The number of allylic oxidation sites excluding steroid dienone is 2. The van der Waals surface area contributed by atoms with Gasteiger partial charge >= 0.3 is 5.97 Å². The molecule has 0 spiro atoms. The second-order valence-electron chi connectivity index (χ2n) is 9.00. The molecule has 180 valence electrons. The van der Waals surface area contributed by atoms with Gasteiger partial charge < -0.3 is 9.64 Å². The summed E-state index contributed by atoms with van der Waals surface area (Å²) >= 11 is 6.41. The summed E-state index contributed by atoms with van der Waals surface area (Å²) in [6, 6.07) is 6.93. The monoisotopic (exact) mass is 486 g/mol. The molecule has 2 aliphatic carbocycles. The quantitative estimate of drug-likeness (QED) is 0.348. The van der Waals surface area contributed by atoms with Crippen LogP contribution < -0.4 is 0 Å². The molecule has 1 aromatic rings. The molecule has 1 aliphatic heterocycles. The van der Waals surface area contributed by atoms with E-state index < -0.39 is 42.4 Å². The van der Waals surface area contributed by atoms with E-state index in [1.807, 2.05) is 12.2 Å². The van der Waals surface area contributed by atoms with Crippen molar-refractivity contribution < 1.29 is 28.7 Å². The Morgan fingerprint density at radius 1 is 1.09 bits per heavy atom. The fourth-order valence-electron chi connectivity index (χ4n) is 5.28. The van der Waals surface area contributed by atoms with Gasteiger partial charge in [0.05, 0.1) is 11.8 Å². The van der Waals surface area contributed by atoms with Crippen LogP contribution in [0, 0.1) is 11.8 Å². The molecule has 34 heavy (non-hydrogen) atoms. The smallest absolute Gasteiger partial charge is 0.326 e. The van der Waals surface area contributed by atoms with Gasteiger partial charge in [0.2, 0.25) is 11.8 Å². The molecule has 2 fully saturated rings. The highest BCUT2D eigenvalue weighted by Crippen LogP contribution is 2.42. The Kier molecular flexibility index (Phi) is 6.89. The van der Waals surface area contributed by atoms with Crippen LogP contribution in [0.15, 0.2) is 36.4 Å². The van der Waals surface area contributed by atoms with Crippen LogP contribution in [-0.4, -0.2) is 59.5 Å². The van der Waals surface area contributed by atoms with Crippen molar-refractivity contribution in [3.05, 3.63) is 47.0 Å². The number of rotatable bonds is 6. The van der Waals surface area contributed by atoms with E-state index in [9.17, 15) is 24.0 Å². The summed E-state index contributed by atoms with van der Waals surface area (Å²) in [5, 5.41) is 0.386. The Morgan fingerprint density at radius 2 is 1.74 bits per heavy atom. The Morgan fingerprint density at radius 3 is 2.35 bits per heavy atom. The van der Waals surface area contributed by atoms with Gasteiger partial charge in [-0.2, -0.15) is 0 Å². The molecular formula is C25H27ClN2O6. The van der Waals surface area contributed by atoms with E-state index in [4.69, 9.17) is 16.3 Å². The zero-order valence-corrected chi connectivity index (χ0v) is 19.8. The number of ether oxygens (including phenoxy) is 1. The number of hydrogen-bond acceptors (Lipinski definition) is 6. The lowest BCUT2D eigenvalue weighted by atomic mass is 9.74. The maximum atomic E-state index is 13.1. The summed E-state index contributed by atoms with van der Waals surface area (Å²) in [5.41, 5.74) is -0.683. The molecule has 1 saturated heterocycles. The summed E-state index contributed by atoms with van der Waals surface area (Å²) in [7, 11) is 1.51. The molecule has 8 nitrogen and oxygen atoms in total. The average molecular weight is 487 g/mol. The van der Waals surface area contributed by atoms with Crippen LogP contribution in [0.3, 0.4) is 0 Å². The molecular weight excluding hydrogens is 460 g/mol. The SMILES string of the molecule is CN(C(=O)COC(=O)CN1C(=O)[C@H]2CC=CC[C@H]2C1=O)[C@@]1(c2ccccc2Cl)CCCCC1=O. The minimum absolute atomic E-state index is 0.112. The minimum atomic E-state index is -1.23. The zero-order chi connectivity index (χ0) is 24.5. The van der Waals surface area contributed by atoms with Gasteiger partial charge in [-0.3, -0.25) is 28.9 Å². The lowest BCUT2D eigenvalue weighted by Crippen LogP contribution is -2.55. The average Bonchev–Trinajstić information content (AvgIpc) is 3.08. The number of imide groups is 1. The highest BCUT2D eigenvalue weighted by atomic mass is 35.5. The summed E-state index contributed by atoms with van der Waals surface area (Å²) in [6.45, 7) is -1.14. The van der Waals surface area contributed by atoms with Gasteiger partial charge in [0, 0.05) is 24.1 Å². The Balaban J connectivity index is 1.43. The molecule has 0 N–H and O–H groups in total. The van der Waals surface area contributed by atoms with Crippen molar-refractivity contribution in [1.29, 1.82) is 0 Å². The second-order valence-corrected chi connectivity index (χ2v) is 9.41. The number of ketones is 1. The third-order valence-corrected chi connectivity index (χ3v) is 7.49. The van der Waals surface area contributed by atoms with Crippen molar-refractivity contribution in [3.8, 4) is 0 Å². The predicted octanol–water partition coefficient (Wildman–Crippen LogP) is 2.63. The summed E-state index contributed by atoms with van der Waals surface area (Å²) in [5.74, 6) is -3.18. The number of amides is 3. The number of likely N-dealkylation sites (tertiary alicyclic amines) is 1. The lowest BCUT2D eigenvalue weighted by Gasteiger charge is -2.43. The fourth-order valence-corrected chi connectivity index (χ4v) is 5.57. The number of carbonyl (C=O) groups excluding carboxylic acids is 5. The van der Waals surface area contributed by atoms with Crippen molar-refractivity contribution in [2.45, 2.75) is 44.1 Å². The maximum Gasteiger partial charge on any atom is 0.326 e. The van der Waals surface area contributed by atoms with Crippen LogP contribution in [0.5, 0.6) is 0 Å². The first-order chi connectivity index (χ1) is 16.3. The molecule has 0 bridgehead atoms. The zero-order valence-electron chi connectivity index (χ0n) is 19.0. The number of carbonyl (C=O) groups is 5. The lowest BCUT2D eigenvalue weighted by molar-refractivity contribution is -0.160. The topological polar surface area (TPSA) is 101 Å². The molecule has 3 aliphatic rings. The van der Waals surface area contributed by atoms with Crippen LogP contribution in [0.25, 0.3) is 0 Å². The van der Waals surface area contributed by atoms with Gasteiger partial charge in [-0.05, 0) is 38.2 Å². The van der Waals surface area contributed by atoms with Crippen molar-refractivity contribution in [2.24, 2.45) is 11.8 Å². The number of halogens is 1. The number of esters is 1. The van der Waals surface area contributed by atoms with E-state index >= 15 is 0 Å². The van der Waals surface area contributed by atoms with E-state index in [-0.39, 0.29) is 17.6 Å². The normalized spacial score (nSPS) is 26.4. The molecule has 1 aromatic carbocycles. The number of nitrogens with zero attached hydrogens (tertiary/aromatic N) is 2. The standard InChI is InChI=1S/C25H27ClN2O6/c1-27(25(13-7-6-12-20(25)29)18-10-4-5-11-19(18)26)21(30)15-34-22(31)14-28-23(32)16-8-2-3-9-17(16)24(28)33/h2-5,10-11,16-17H,6-9,12-15H2,1H3/t16-,17+,25-/m1/s1. The Labute approximate surface area is 202 Å². The highest BCUT2D eigenvalue weighted by molar-refractivity contribution is 6.31. The van der Waals surface area contributed by atoms with E-state index in [0.29, 0.717) is 36.3 Å². The van der Waals surface area contributed by atoms with Gasteiger partial charge in [-0.25, -0.2) is 0 Å². The Bertz CT molecular complexity index is 1040. The summed E-state index contributed by atoms with van der Waals surface area (Å²) in [6.07, 6.45) is 6.89. The first kappa shape index (κ1) is 24.1. The fraction of sp³-hybridized carbons (Fsp3) is 0.480. The molecule has 4 rings (SSSR count). The van der Waals surface area contributed by atoms with Crippen molar-refractivity contribution in [2.75, 3.05) is 20.2 Å². The van der Waals surface area contributed by atoms with Crippen LogP contribution >= 0.6 is 11.6 Å². The number of hydrogen-bond donors (Lipinski definition) is 0. The summed E-state index contributed by atoms with van der Waals surface area (Å²) in [4.78, 5) is 65.9. The number of benzene rings is 1. The van der Waals surface area contributed by atoms with Gasteiger partial charge in [-0.15, -0.1) is 0 Å². The molecule has 0 aromatic heterocycles. The number of Topliss-reactive ketones (excluding diaryl/α,β-unsaturated/α-hetero) is 1. The predicted molar refractivity (Wildman–Crippen MR) is 122 cm³/mol. The first-order valence-corrected chi connectivity index (χ1v) is 11.9. The van der Waals surface area contributed by atoms with E-state index in [2.05, 4.69) is 0 Å². The van der Waals surface area contributed by atoms with Gasteiger partial charge in [0.15, 0.2) is 12.4 Å². The van der Waals surface area contributed by atoms with Crippen LogP contribution in [0.4, 0.5) is 0 Å². The molecule has 9 heteroatoms. The molecule has 1 saturated carbocycles.